The van der Waals surface area contributed by atoms with Crippen LogP contribution < -0.4 is 10.6 Å². The Balaban J connectivity index is 1.88. The minimum absolute atomic E-state index is 0.0517. The van der Waals surface area contributed by atoms with E-state index in [0.717, 1.165) is 24.1 Å². The zero-order chi connectivity index (χ0) is 13.0. The molecule has 0 radical (unpaired) electrons. The molecule has 4 nitrogen and oxygen atoms in total. The highest BCUT2D eigenvalue weighted by Gasteiger charge is 2.24. The van der Waals surface area contributed by atoms with Crippen molar-refractivity contribution in [3.8, 4) is 6.07 Å². The van der Waals surface area contributed by atoms with Crippen molar-refractivity contribution in [2.45, 2.75) is 38.3 Å². The van der Waals surface area contributed by atoms with Crippen LogP contribution in [0, 0.1) is 18.3 Å². The van der Waals surface area contributed by atoms with Gasteiger partial charge in [-0.15, -0.1) is 0 Å². The summed E-state index contributed by atoms with van der Waals surface area (Å²) in [6.45, 7) is 1.99. The molecule has 94 valence electrons. The van der Waals surface area contributed by atoms with E-state index in [1.54, 1.807) is 0 Å². The highest BCUT2D eigenvalue weighted by molar-refractivity contribution is 5.78. The number of benzene rings is 1. The zero-order valence-electron chi connectivity index (χ0n) is 10.4. The number of nitriles is 1. The quantitative estimate of drug-likeness (QED) is 0.831. The van der Waals surface area contributed by atoms with Crippen LogP contribution in [0.15, 0.2) is 24.3 Å². The number of nitrogens with one attached hydrogen (secondary N) is 2. The van der Waals surface area contributed by atoms with Crippen molar-refractivity contribution in [1.29, 1.82) is 5.26 Å². The molecule has 1 aromatic carbocycles. The number of anilines is 1. The van der Waals surface area contributed by atoms with Gasteiger partial charge in [-0.1, -0.05) is 12.1 Å². The van der Waals surface area contributed by atoms with Crippen molar-refractivity contribution >= 4 is 11.6 Å². The van der Waals surface area contributed by atoms with Crippen molar-refractivity contribution in [2.75, 3.05) is 5.32 Å². The lowest BCUT2D eigenvalue weighted by Crippen LogP contribution is -2.31. The number of nitrogens with zero attached hydrogens (tertiary/aromatic N) is 1. The molecule has 0 bridgehead atoms. The number of amides is 1. The molecule has 1 unspecified atom stereocenters. The standard InChI is InChI=1S/C14H17N3O/c1-10-3-2-4-12(7-10)16-13(9-15)8-14(18)17-11-5-6-11/h2-4,7,11,13,16H,5-6,8H2,1H3,(H,17,18). The Morgan fingerprint density at radius 1 is 1.56 bits per heavy atom. The molecule has 1 atom stereocenters. The van der Waals surface area contributed by atoms with Gasteiger partial charge in [-0.25, -0.2) is 0 Å². The summed E-state index contributed by atoms with van der Waals surface area (Å²) in [6, 6.07) is 9.76. The third kappa shape index (κ3) is 3.77. The molecule has 0 spiro atoms. The number of carbonyl (C=O) groups is 1. The predicted molar refractivity (Wildman–Crippen MR) is 70.0 cm³/mol. The Hall–Kier alpha value is -2.02. The molecule has 1 fully saturated rings. The fraction of sp³-hybridized carbons (Fsp3) is 0.429. The van der Waals surface area contributed by atoms with E-state index in [2.05, 4.69) is 16.7 Å². The lowest BCUT2D eigenvalue weighted by atomic mass is 10.1. The summed E-state index contributed by atoms with van der Waals surface area (Å²) in [6.07, 6.45) is 2.32. The molecule has 4 heteroatoms. The van der Waals surface area contributed by atoms with Gasteiger partial charge in [0.1, 0.15) is 6.04 Å². The minimum atomic E-state index is -0.481. The van der Waals surface area contributed by atoms with Crippen molar-refractivity contribution in [2.24, 2.45) is 0 Å². The maximum Gasteiger partial charge on any atom is 0.223 e. The van der Waals surface area contributed by atoms with E-state index < -0.39 is 6.04 Å². The monoisotopic (exact) mass is 243 g/mol. The van der Waals surface area contributed by atoms with E-state index in [0.29, 0.717) is 6.04 Å². The predicted octanol–water partition coefficient (Wildman–Crippen LogP) is 1.97. The second-order valence-corrected chi connectivity index (χ2v) is 4.74. The Kier molecular flexibility index (Phi) is 3.83. The Bertz CT molecular complexity index is 474. The molecule has 1 aliphatic carbocycles. The van der Waals surface area contributed by atoms with Crippen LogP contribution in [0.1, 0.15) is 24.8 Å². The van der Waals surface area contributed by atoms with Gasteiger partial charge in [-0.3, -0.25) is 4.79 Å². The average molecular weight is 243 g/mol. The zero-order valence-corrected chi connectivity index (χ0v) is 10.4. The lowest BCUT2D eigenvalue weighted by Gasteiger charge is -2.13. The Morgan fingerprint density at radius 3 is 2.94 bits per heavy atom. The van der Waals surface area contributed by atoms with Gasteiger partial charge in [0.15, 0.2) is 0 Å². The van der Waals surface area contributed by atoms with Gasteiger partial charge >= 0.3 is 0 Å². The minimum Gasteiger partial charge on any atom is -0.369 e. The van der Waals surface area contributed by atoms with Crippen LogP contribution in [0.2, 0.25) is 0 Å². The molecule has 1 amide bonds. The number of carbonyl (C=O) groups excluding carboxylic acids is 1. The maximum absolute atomic E-state index is 11.6. The van der Waals surface area contributed by atoms with Crippen molar-refractivity contribution in [1.82, 2.24) is 5.32 Å². The van der Waals surface area contributed by atoms with Gasteiger partial charge in [0.05, 0.1) is 12.5 Å². The summed E-state index contributed by atoms with van der Waals surface area (Å²) < 4.78 is 0. The van der Waals surface area contributed by atoms with Gasteiger partial charge in [0.2, 0.25) is 5.91 Å². The van der Waals surface area contributed by atoms with Gasteiger partial charge in [-0.2, -0.15) is 5.26 Å². The summed E-state index contributed by atoms with van der Waals surface area (Å²) in [5, 5.41) is 15.0. The van der Waals surface area contributed by atoms with Crippen LogP contribution >= 0.6 is 0 Å². The summed E-state index contributed by atoms with van der Waals surface area (Å²) >= 11 is 0. The lowest BCUT2D eigenvalue weighted by molar-refractivity contribution is -0.121. The Labute approximate surface area is 107 Å². The third-order valence-corrected chi connectivity index (χ3v) is 2.85. The average Bonchev–Trinajstić information content (AvgIpc) is 3.12. The van der Waals surface area contributed by atoms with Crippen LogP contribution in [0.4, 0.5) is 5.69 Å². The number of hydrogen-bond donors (Lipinski definition) is 2. The molecule has 0 heterocycles. The number of rotatable bonds is 5. The van der Waals surface area contributed by atoms with Crippen molar-refractivity contribution < 1.29 is 4.79 Å². The van der Waals surface area contributed by atoms with Crippen LogP contribution in [-0.2, 0) is 4.79 Å². The second kappa shape index (κ2) is 5.54. The van der Waals surface area contributed by atoms with Gasteiger partial charge in [0.25, 0.3) is 0 Å². The second-order valence-electron chi connectivity index (χ2n) is 4.74. The molecule has 1 saturated carbocycles. The van der Waals surface area contributed by atoms with E-state index in [1.807, 2.05) is 31.2 Å². The first-order chi connectivity index (χ1) is 8.67. The molecule has 2 rings (SSSR count). The fourth-order valence-electron chi connectivity index (χ4n) is 1.76. The summed E-state index contributed by atoms with van der Waals surface area (Å²) in [5.41, 5.74) is 2.00. The fourth-order valence-corrected chi connectivity index (χ4v) is 1.76. The van der Waals surface area contributed by atoms with Crippen molar-refractivity contribution in [3.05, 3.63) is 29.8 Å². The number of aryl methyl sites for hydroxylation is 1. The first-order valence-corrected chi connectivity index (χ1v) is 6.19. The summed E-state index contributed by atoms with van der Waals surface area (Å²) in [5.74, 6) is -0.0517. The number of hydrogen-bond acceptors (Lipinski definition) is 3. The van der Waals surface area contributed by atoms with Gasteiger partial charge < -0.3 is 10.6 Å². The molecular weight excluding hydrogens is 226 g/mol. The molecule has 1 aliphatic rings. The Morgan fingerprint density at radius 2 is 2.33 bits per heavy atom. The van der Waals surface area contributed by atoms with Crippen LogP contribution in [0.25, 0.3) is 0 Å². The van der Waals surface area contributed by atoms with Gasteiger partial charge in [0, 0.05) is 11.7 Å². The molecule has 0 aromatic heterocycles. The third-order valence-electron chi connectivity index (χ3n) is 2.85. The molecule has 0 saturated heterocycles. The van der Waals surface area contributed by atoms with E-state index in [1.165, 1.54) is 0 Å². The van der Waals surface area contributed by atoms with Crippen LogP contribution in [0.3, 0.4) is 0 Å². The van der Waals surface area contributed by atoms with E-state index in [4.69, 9.17) is 5.26 Å². The van der Waals surface area contributed by atoms with E-state index in [9.17, 15) is 4.79 Å². The normalized spacial score (nSPS) is 15.6. The summed E-state index contributed by atoms with van der Waals surface area (Å²) in [4.78, 5) is 11.6. The van der Waals surface area contributed by atoms with Crippen molar-refractivity contribution in [3.63, 3.8) is 0 Å². The summed E-state index contributed by atoms with van der Waals surface area (Å²) in [7, 11) is 0. The highest BCUT2D eigenvalue weighted by atomic mass is 16.1. The van der Waals surface area contributed by atoms with Gasteiger partial charge in [-0.05, 0) is 37.5 Å². The van der Waals surface area contributed by atoms with Crippen LogP contribution in [-0.4, -0.2) is 18.0 Å². The molecular formula is C14H17N3O. The molecule has 18 heavy (non-hydrogen) atoms. The molecule has 2 N–H and O–H groups in total. The topological polar surface area (TPSA) is 64.9 Å². The van der Waals surface area contributed by atoms with E-state index in [-0.39, 0.29) is 12.3 Å². The molecule has 0 aliphatic heterocycles. The smallest absolute Gasteiger partial charge is 0.223 e. The SMILES string of the molecule is Cc1cccc(NC(C#N)CC(=O)NC2CC2)c1. The highest BCUT2D eigenvalue weighted by Crippen LogP contribution is 2.19. The van der Waals surface area contributed by atoms with Crippen LogP contribution in [0.5, 0.6) is 0 Å². The van der Waals surface area contributed by atoms with E-state index >= 15 is 0 Å². The first kappa shape index (κ1) is 12.4. The maximum atomic E-state index is 11.6. The molecule has 1 aromatic rings. The largest absolute Gasteiger partial charge is 0.369 e. The first-order valence-electron chi connectivity index (χ1n) is 6.19.